The van der Waals surface area contributed by atoms with Crippen molar-refractivity contribution in [3.8, 4) is 5.75 Å². The summed E-state index contributed by atoms with van der Waals surface area (Å²) in [6, 6.07) is 13.4. The molecule has 1 fully saturated rings. The van der Waals surface area contributed by atoms with Crippen LogP contribution in [0, 0.1) is 12.8 Å². The molecular weight excluding hydrogens is 426 g/mol. The molecule has 1 saturated heterocycles. The number of urea groups is 1. The molecule has 0 saturated carbocycles. The Balaban J connectivity index is 1.34. The van der Waals surface area contributed by atoms with Crippen LogP contribution in [0.3, 0.4) is 0 Å². The highest BCUT2D eigenvalue weighted by atomic mass is 35.5. The molecular formula is C25H30ClN3O3. The lowest BCUT2D eigenvalue weighted by Gasteiger charge is -2.39. The third kappa shape index (κ3) is 5.01. The Morgan fingerprint density at radius 2 is 1.84 bits per heavy atom. The van der Waals surface area contributed by atoms with Gasteiger partial charge in [0.15, 0.2) is 0 Å². The molecule has 2 aromatic rings. The second-order valence-electron chi connectivity index (χ2n) is 8.62. The van der Waals surface area contributed by atoms with Gasteiger partial charge in [0.25, 0.3) is 0 Å². The molecule has 1 atom stereocenters. The summed E-state index contributed by atoms with van der Waals surface area (Å²) < 4.78 is 6.05. The lowest BCUT2D eigenvalue weighted by Crippen LogP contribution is -2.52. The standard InChI is InChI=1S/C25H30ClN3O3/c1-3-21-16-29(22-14-17(2)4-9-23(22)32-21)25(31)28-12-10-19(11-13-28)24(30)27-15-18-5-7-20(26)8-6-18/h4-9,14,19,21H,3,10-13,15-16H2,1-2H3,(H,27,30)/t21-/m1/s1. The normalized spacial score (nSPS) is 18.7. The highest BCUT2D eigenvalue weighted by Gasteiger charge is 2.34. The second-order valence-corrected chi connectivity index (χ2v) is 9.05. The predicted octanol–water partition coefficient (Wildman–Crippen LogP) is 4.77. The molecule has 1 N–H and O–H groups in total. The number of ether oxygens (including phenoxy) is 1. The van der Waals surface area contributed by atoms with Crippen LogP contribution in [0.1, 0.15) is 37.3 Å². The number of rotatable bonds is 4. The summed E-state index contributed by atoms with van der Waals surface area (Å²) in [5.41, 5.74) is 2.95. The van der Waals surface area contributed by atoms with E-state index in [0.717, 1.165) is 29.0 Å². The predicted molar refractivity (Wildman–Crippen MR) is 126 cm³/mol. The Morgan fingerprint density at radius 3 is 2.53 bits per heavy atom. The second kappa shape index (κ2) is 9.82. The lowest BCUT2D eigenvalue weighted by atomic mass is 9.96. The minimum atomic E-state index is -0.0750. The number of anilines is 1. The maximum Gasteiger partial charge on any atom is 0.324 e. The number of hydrogen-bond acceptors (Lipinski definition) is 3. The van der Waals surface area contributed by atoms with Crippen LogP contribution in [0.4, 0.5) is 10.5 Å². The van der Waals surface area contributed by atoms with E-state index in [-0.39, 0.29) is 24.0 Å². The zero-order valence-electron chi connectivity index (χ0n) is 18.6. The molecule has 170 valence electrons. The van der Waals surface area contributed by atoms with Crippen molar-refractivity contribution in [3.63, 3.8) is 0 Å². The molecule has 2 aromatic carbocycles. The first kappa shape index (κ1) is 22.5. The van der Waals surface area contributed by atoms with Crippen molar-refractivity contribution in [1.29, 1.82) is 0 Å². The quantitative estimate of drug-likeness (QED) is 0.722. The number of carbonyl (C=O) groups excluding carboxylic acids is 2. The number of hydrogen-bond donors (Lipinski definition) is 1. The van der Waals surface area contributed by atoms with E-state index >= 15 is 0 Å². The van der Waals surface area contributed by atoms with E-state index < -0.39 is 0 Å². The van der Waals surface area contributed by atoms with Gasteiger partial charge in [0.2, 0.25) is 5.91 Å². The Hall–Kier alpha value is -2.73. The van der Waals surface area contributed by atoms with Crippen molar-refractivity contribution in [2.45, 2.75) is 45.8 Å². The van der Waals surface area contributed by atoms with Crippen LogP contribution in [0.25, 0.3) is 0 Å². The largest absolute Gasteiger partial charge is 0.486 e. The molecule has 3 amide bonds. The summed E-state index contributed by atoms with van der Waals surface area (Å²) in [5, 5.41) is 3.70. The minimum Gasteiger partial charge on any atom is -0.486 e. The molecule has 32 heavy (non-hydrogen) atoms. The van der Waals surface area contributed by atoms with Crippen LogP contribution in [0.15, 0.2) is 42.5 Å². The van der Waals surface area contributed by atoms with Crippen LogP contribution in [-0.4, -0.2) is 42.6 Å². The van der Waals surface area contributed by atoms with Crippen molar-refractivity contribution in [3.05, 3.63) is 58.6 Å². The molecule has 0 aliphatic carbocycles. The van der Waals surface area contributed by atoms with E-state index in [0.29, 0.717) is 44.0 Å². The minimum absolute atomic E-state index is 0.00128. The number of amides is 3. The number of nitrogens with one attached hydrogen (secondary N) is 1. The number of nitrogens with zero attached hydrogens (tertiary/aromatic N) is 2. The van der Waals surface area contributed by atoms with E-state index in [1.54, 1.807) is 0 Å². The van der Waals surface area contributed by atoms with Crippen LogP contribution in [-0.2, 0) is 11.3 Å². The van der Waals surface area contributed by atoms with Gasteiger partial charge in [0, 0.05) is 30.6 Å². The summed E-state index contributed by atoms with van der Waals surface area (Å²) in [5.74, 6) is 0.734. The van der Waals surface area contributed by atoms with Crippen molar-refractivity contribution in [2.75, 3.05) is 24.5 Å². The van der Waals surface area contributed by atoms with E-state index in [2.05, 4.69) is 12.2 Å². The summed E-state index contributed by atoms with van der Waals surface area (Å²) in [7, 11) is 0. The maximum absolute atomic E-state index is 13.4. The average molecular weight is 456 g/mol. The van der Waals surface area contributed by atoms with E-state index in [4.69, 9.17) is 16.3 Å². The molecule has 2 aliphatic rings. The number of aryl methyl sites for hydroxylation is 1. The van der Waals surface area contributed by atoms with E-state index in [1.165, 1.54) is 0 Å². The molecule has 0 unspecified atom stereocenters. The number of halogens is 1. The van der Waals surface area contributed by atoms with Crippen molar-refractivity contribution < 1.29 is 14.3 Å². The Morgan fingerprint density at radius 1 is 1.12 bits per heavy atom. The van der Waals surface area contributed by atoms with E-state index in [9.17, 15) is 9.59 Å². The Bertz CT molecular complexity index is 971. The first-order valence-electron chi connectivity index (χ1n) is 11.3. The molecule has 0 radical (unpaired) electrons. The Labute approximate surface area is 194 Å². The van der Waals surface area contributed by atoms with Gasteiger partial charge in [0.05, 0.1) is 12.2 Å². The monoisotopic (exact) mass is 455 g/mol. The number of piperidine rings is 1. The van der Waals surface area contributed by atoms with Gasteiger partial charge in [-0.2, -0.15) is 0 Å². The fourth-order valence-corrected chi connectivity index (χ4v) is 4.42. The molecule has 2 aliphatic heterocycles. The molecule has 7 heteroatoms. The van der Waals surface area contributed by atoms with Gasteiger partial charge in [-0.15, -0.1) is 0 Å². The van der Waals surface area contributed by atoms with Crippen LogP contribution >= 0.6 is 11.6 Å². The summed E-state index contributed by atoms with van der Waals surface area (Å²) in [6.07, 6.45) is 2.17. The SMILES string of the molecule is CC[C@@H]1CN(C(=O)N2CCC(C(=O)NCc3ccc(Cl)cc3)CC2)c2cc(C)ccc2O1. The molecule has 0 spiro atoms. The number of likely N-dealkylation sites (tertiary alicyclic amines) is 1. The van der Waals surface area contributed by atoms with Crippen LogP contribution < -0.4 is 15.0 Å². The van der Waals surface area contributed by atoms with Crippen molar-refractivity contribution in [1.82, 2.24) is 10.2 Å². The smallest absolute Gasteiger partial charge is 0.324 e. The zero-order chi connectivity index (χ0) is 22.7. The average Bonchev–Trinajstić information content (AvgIpc) is 2.82. The van der Waals surface area contributed by atoms with Gasteiger partial charge in [-0.3, -0.25) is 9.69 Å². The summed E-state index contributed by atoms with van der Waals surface area (Å²) in [6.45, 7) is 6.27. The molecule has 6 nitrogen and oxygen atoms in total. The highest BCUT2D eigenvalue weighted by molar-refractivity contribution is 6.30. The molecule has 0 aromatic heterocycles. The van der Waals surface area contributed by atoms with Gasteiger partial charge >= 0.3 is 6.03 Å². The summed E-state index contributed by atoms with van der Waals surface area (Å²) >= 11 is 5.91. The number of benzene rings is 2. The maximum atomic E-state index is 13.4. The third-order valence-corrected chi connectivity index (χ3v) is 6.54. The van der Waals surface area contributed by atoms with Gasteiger partial charge < -0.3 is 15.0 Å². The third-order valence-electron chi connectivity index (χ3n) is 6.29. The Kier molecular flexibility index (Phi) is 6.89. The first-order chi connectivity index (χ1) is 15.4. The molecule has 2 heterocycles. The van der Waals surface area contributed by atoms with Crippen LogP contribution in [0.2, 0.25) is 5.02 Å². The van der Waals surface area contributed by atoms with Crippen molar-refractivity contribution >= 4 is 29.2 Å². The van der Waals surface area contributed by atoms with Gasteiger partial charge in [0.1, 0.15) is 11.9 Å². The fourth-order valence-electron chi connectivity index (χ4n) is 4.29. The first-order valence-corrected chi connectivity index (χ1v) is 11.7. The van der Waals surface area contributed by atoms with Gasteiger partial charge in [-0.05, 0) is 61.6 Å². The topological polar surface area (TPSA) is 61.9 Å². The highest BCUT2D eigenvalue weighted by Crippen LogP contribution is 2.36. The zero-order valence-corrected chi connectivity index (χ0v) is 19.4. The van der Waals surface area contributed by atoms with Crippen LogP contribution in [0.5, 0.6) is 5.75 Å². The molecule has 4 rings (SSSR count). The van der Waals surface area contributed by atoms with Gasteiger partial charge in [-0.25, -0.2) is 4.79 Å². The van der Waals surface area contributed by atoms with E-state index in [1.807, 2.05) is 59.2 Å². The number of fused-ring (bicyclic) bond motifs is 1. The fraction of sp³-hybridized carbons (Fsp3) is 0.440. The number of carbonyl (C=O) groups is 2. The lowest BCUT2D eigenvalue weighted by molar-refractivity contribution is -0.126. The summed E-state index contributed by atoms with van der Waals surface area (Å²) in [4.78, 5) is 29.7. The van der Waals surface area contributed by atoms with Gasteiger partial charge in [-0.1, -0.05) is 36.7 Å². The molecule has 0 bridgehead atoms. The van der Waals surface area contributed by atoms with Crippen molar-refractivity contribution in [2.24, 2.45) is 5.92 Å².